The molecular weight excluding hydrogens is 290 g/mol. The molecule has 0 aliphatic heterocycles. The topological polar surface area (TPSA) is 91.9 Å². The van der Waals surface area contributed by atoms with Crippen molar-refractivity contribution in [2.75, 3.05) is 5.75 Å². The molecule has 3 rings (SSSR count). The molecule has 0 saturated heterocycles. The Morgan fingerprint density at radius 3 is 2.86 bits per heavy atom. The second-order valence-electron chi connectivity index (χ2n) is 5.43. The first-order valence-electron chi connectivity index (χ1n) is 7.00. The Bertz CT molecular complexity index is 761. The van der Waals surface area contributed by atoms with Crippen molar-refractivity contribution in [1.29, 1.82) is 0 Å². The van der Waals surface area contributed by atoms with Crippen LogP contribution in [0.1, 0.15) is 25.7 Å². The molecular formula is C14H17N3O3S. The third-order valence-corrected chi connectivity index (χ3v) is 5.43. The summed E-state index contributed by atoms with van der Waals surface area (Å²) in [7, 11) is -3.62. The van der Waals surface area contributed by atoms with Crippen LogP contribution in [-0.2, 0) is 14.6 Å². The average Bonchev–Trinajstić information content (AvgIpc) is 3.07. The Morgan fingerprint density at radius 2 is 2.10 bits per heavy atom. The van der Waals surface area contributed by atoms with Crippen LogP contribution in [0.3, 0.4) is 0 Å². The van der Waals surface area contributed by atoms with Crippen LogP contribution in [0.25, 0.3) is 10.9 Å². The second-order valence-corrected chi connectivity index (χ2v) is 7.42. The molecule has 7 heteroatoms. The van der Waals surface area contributed by atoms with Gasteiger partial charge in [0.05, 0.1) is 16.6 Å². The molecule has 2 N–H and O–H groups in total. The summed E-state index contributed by atoms with van der Waals surface area (Å²) in [6, 6.07) is 4.82. The molecule has 2 aromatic rings. The highest BCUT2D eigenvalue weighted by Gasteiger charge is 2.23. The van der Waals surface area contributed by atoms with Gasteiger partial charge in [0.15, 0.2) is 9.84 Å². The number of nitrogens with zero attached hydrogens (tertiary/aromatic N) is 1. The van der Waals surface area contributed by atoms with Gasteiger partial charge in [-0.05, 0) is 31.0 Å². The maximum atomic E-state index is 12.3. The zero-order valence-corrected chi connectivity index (χ0v) is 12.3. The Balaban J connectivity index is 1.74. The maximum Gasteiger partial charge on any atom is 0.235 e. The second kappa shape index (κ2) is 5.48. The van der Waals surface area contributed by atoms with Crippen LogP contribution in [0.2, 0.25) is 0 Å². The van der Waals surface area contributed by atoms with Crippen LogP contribution in [0.4, 0.5) is 0 Å². The molecule has 0 radical (unpaired) electrons. The summed E-state index contributed by atoms with van der Waals surface area (Å²) in [5.74, 6) is -0.929. The van der Waals surface area contributed by atoms with Gasteiger partial charge in [0, 0.05) is 11.4 Å². The number of nitrogens with one attached hydrogen (secondary N) is 2. The largest absolute Gasteiger partial charge is 0.352 e. The van der Waals surface area contributed by atoms with E-state index in [0.717, 1.165) is 31.2 Å². The summed E-state index contributed by atoms with van der Waals surface area (Å²) in [6.45, 7) is 0. The zero-order valence-electron chi connectivity index (χ0n) is 11.5. The molecule has 0 unspecified atom stereocenters. The SMILES string of the molecule is O=C(CS(=O)(=O)c1ccc2[nH]ncc2c1)NC1CCCC1. The quantitative estimate of drug-likeness (QED) is 0.893. The number of benzene rings is 1. The van der Waals surface area contributed by atoms with Crippen LogP contribution >= 0.6 is 0 Å². The number of aromatic nitrogens is 2. The first kappa shape index (κ1) is 14.1. The number of hydrogen-bond donors (Lipinski definition) is 2. The zero-order chi connectivity index (χ0) is 14.9. The van der Waals surface area contributed by atoms with E-state index in [9.17, 15) is 13.2 Å². The minimum absolute atomic E-state index is 0.129. The molecule has 0 bridgehead atoms. The predicted octanol–water partition coefficient (Wildman–Crippen LogP) is 1.40. The molecule has 1 aliphatic carbocycles. The van der Waals surface area contributed by atoms with Crippen LogP contribution in [0.5, 0.6) is 0 Å². The molecule has 112 valence electrons. The number of hydrogen-bond acceptors (Lipinski definition) is 4. The van der Waals surface area contributed by atoms with Crippen LogP contribution in [-0.4, -0.2) is 36.3 Å². The highest BCUT2D eigenvalue weighted by molar-refractivity contribution is 7.92. The van der Waals surface area contributed by atoms with E-state index in [2.05, 4.69) is 15.5 Å². The number of fused-ring (bicyclic) bond motifs is 1. The average molecular weight is 307 g/mol. The van der Waals surface area contributed by atoms with E-state index in [1.165, 1.54) is 12.1 Å². The highest BCUT2D eigenvalue weighted by atomic mass is 32.2. The van der Waals surface area contributed by atoms with Gasteiger partial charge in [0.2, 0.25) is 5.91 Å². The van der Waals surface area contributed by atoms with Gasteiger partial charge < -0.3 is 5.32 Å². The summed E-state index contributed by atoms with van der Waals surface area (Å²) in [6.07, 6.45) is 5.62. The van der Waals surface area contributed by atoms with Crippen molar-refractivity contribution in [1.82, 2.24) is 15.5 Å². The van der Waals surface area contributed by atoms with Crippen LogP contribution in [0, 0.1) is 0 Å². The Morgan fingerprint density at radius 1 is 1.33 bits per heavy atom. The molecule has 1 aromatic heterocycles. The number of H-pyrrole nitrogens is 1. The van der Waals surface area contributed by atoms with Crippen molar-refractivity contribution in [3.05, 3.63) is 24.4 Å². The van der Waals surface area contributed by atoms with Crippen molar-refractivity contribution < 1.29 is 13.2 Å². The van der Waals surface area contributed by atoms with Gasteiger partial charge in [-0.1, -0.05) is 12.8 Å². The van der Waals surface area contributed by atoms with E-state index in [0.29, 0.717) is 5.39 Å². The van der Waals surface area contributed by atoms with E-state index >= 15 is 0 Å². The molecule has 1 saturated carbocycles. The van der Waals surface area contributed by atoms with Gasteiger partial charge in [-0.25, -0.2) is 8.42 Å². The number of amides is 1. The first-order valence-corrected chi connectivity index (χ1v) is 8.65. The van der Waals surface area contributed by atoms with E-state index in [4.69, 9.17) is 0 Å². The lowest BCUT2D eigenvalue weighted by Crippen LogP contribution is -2.36. The van der Waals surface area contributed by atoms with Crippen molar-refractivity contribution >= 4 is 26.6 Å². The van der Waals surface area contributed by atoms with E-state index in [-0.39, 0.29) is 10.9 Å². The van der Waals surface area contributed by atoms with Crippen LogP contribution in [0.15, 0.2) is 29.3 Å². The molecule has 1 fully saturated rings. The van der Waals surface area contributed by atoms with Crippen molar-refractivity contribution in [3.63, 3.8) is 0 Å². The van der Waals surface area contributed by atoms with Gasteiger partial charge in [-0.15, -0.1) is 0 Å². The van der Waals surface area contributed by atoms with E-state index in [1.54, 1.807) is 12.3 Å². The third-order valence-electron chi connectivity index (χ3n) is 3.81. The number of sulfone groups is 1. The smallest absolute Gasteiger partial charge is 0.235 e. The lowest BCUT2D eigenvalue weighted by molar-refractivity contribution is -0.119. The fourth-order valence-corrected chi connectivity index (χ4v) is 3.89. The summed E-state index contributed by atoms with van der Waals surface area (Å²) in [5.41, 5.74) is 0.768. The lowest BCUT2D eigenvalue weighted by Gasteiger charge is -2.12. The normalized spacial score (nSPS) is 16.4. The standard InChI is InChI=1S/C14H17N3O3S/c18-14(16-11-3-1-2-4-11)9-21(19,20)12-5-6-13-10(7-12)8-15-17-13/h5-8,11H,1-4,9H2,(H,15,17)(H,16,18). The predicted molar refractivity (Wildman–Crippen MR) is 78.5 cm³/mol. The highest BCUT2D eigenvalue weighted by Crippen LogP contribution is 2.19. The van der Waals surface area contributed by atoms with Crippen LogP contribution < -0.4 is 5.32 Å². The Labute approximate surface area is 122 Å². The molecule has 0 atom stereocenters. The Hall–Kier alpha value is -1.89. The Kier molecular flexibility index (Phi) is 3.67. The number of aromatic amines is 1. The number of carbonyl (C=O) groups excluding carboxylic acids is 1. The number of carbonyl (C=O) groups is 1. The van der Waals surface area contributed by atoms with E-state index in [1.807, 2.05) is 0 Å². The molecule has 1 aliphatic rings. The summed E-state index contributed by atoms with van der Waals surface area (Å²) in [4.78, 5) is 12.0. The molecule has 1 amide bonds. The summed E-state index contributed by atoms with van der Waals surface area (Å²) >= 11 is 0. The van der Waals surface area contributed by atoms with Gasteiger partial charge >= 0.3 is 0 Å². The minimum Gasteiger partial charge on any atom is -0.352 e. The fraction of sp³-hybridized carbons (Fsp3) is 0.429. The van der Waals surface area contributed by atoms with Gasteiger partial charge in [-0.3, -0.25) is 9.89 Å². The summed E-state index contributed by atoms with van der Waals surface area (Å²) in [5, 5.41) is 10.1. The molecule has 1 aromatic carbocycles. The van der Waals surface area contributed by atoms with Crippen molar-refractivity contribution in [3.8, 4) is 0 Å². The fourth-order valence-electron chi connectivity index (χ4n) is 2.71. The maximum absolute atomic E-state index is 12.3. The monoisotopic (exact) mass is 307 g/mol. The van der Waals surface area contributed by atoms with Gasteiger partial charge in [0.25, 0.3) is 0 Å². The number of rotatable bonds is 4. The third kappa shape index (κ3) is 3.07. The lowest BCUT2D eigenvalue weighted by atomic mass is 10.2. The first-order chi connectivity index (χ1) is 10.0. The molecule has 6 nitrogen and oxygen atoms in total. The molecule has 1 heterocycles. The van der Waals surface area contributed by atoms with Gasteiger partial charge in [0.1, 0.15) is 5.75 Å². The molecule has 0 spiro atoms. The minimum atomic E-state index is -3.62. The summed E-state index contributed by atoms with van der Waals surface area (Å²) < 4.78 is 24.6. The molecule has 21 heavy (non-hydrogen) atoms. The van der Waals surface area contributed by atoms with E-state index < -0.39 is 21.5 Å². The van der Waals surface area contributed by atoms with Gasteiger partial charge in [-0.2, -0.15) is 5.10 Å². The van der Waals surface area contributed by atoms with Crippen molar-refractivity contribution in [2.24, 2.45) is 0 Å². The van der Waals surface area contributed by atoms with Crippen molar-refractivity contribution in [2.45, 2.75) is 36.6 Å².